The third-order valence-corrected chi connectivity index (χ3v) is 0. The van der Waals surface area contributed by atoms with Crippen LogP contribution in [-0.2, 0) is 0 Å². The molecule has 0 rings (SSSR count). The molecule has 9 heteroatoms. The first-order valence-corrected chi connectivity index (χ1v) is 0. The van der Waals surface area contributed by atoms with E-state index in [4.69, 9.17) is 0 Å². The van der Waals surface area contributed by atoms with Crippen LogP contribution in [0.2, 0.25) is 0 Å². The zero-order valence-electron chi connectivity index (χ0n) is 7.71. The van der Waals surface area contributed by atoms with E-state index < -0.39 is 0 Å². The number of hydrogen-bond acceptors (Lipinski definition) is 0. The molecule has 9 heavy (non-hydrogen) atoms. The number of hydrogen-bond donors (Lipinski definition) is 0. The summed E-state index contributed by atoms with van der Waals surface area (Å²) in [6.07, 6.45) is 0. The van der Waals surface area contributed by atoms with Crippen molar-refractivity contribution in [2.24, 2.45) is 0 Å². The second kappa shape index (κ2) is 97.2. The van der Waals surface area contributed by atoms with Gasteiger partial charge in [0.05, 0.1) is 0 Å². The largest absolute Gasteiger partial charge is 1.00 e. The summed E-state index contributed by atoms with van der Waals surface area (Å²) in [5.41, 5.74) is 0. The van der Waals surface area contributed by atoms with Crippen LogP contribution in [0.5, 0.6) is 0 Å². The van der Waals surface area contributed by atoms with E-state index in [1.165, 1.54) is 0 Å². The van der Waals surface area contributed by atoms with Crippen LogP contribution < -0.4 is 37.7 Å². The molecule has 0 aliphatic carbocycles. The minimum absolute atomic E-state index is 0. The van der Waals surface area contributed by atoms with Crippen molar-refractivity contribution >= 4 is 90.9 Å². The molecule has 60 valence electrons. The van der Waals surface area contributed by atoms with Gasteiger partial charge in [-0.15, -0.1) is 0 Å². The van der Waals surface area contributed by atoms with Crippen molar-refractivity contribution in [1.82, 2.24) is 0 Å². The summed E-state index contributed by atoms with van der Waals surface area (Å²) in [5, 5.41) is 0. The minimum atomic E-state index is 0. The van der Waals surface area contributed by atoms with Crippen LogP contribution in [-0.4, -0.2) is 0 Å². The van der Waals surface area contributed by atoms with Crippen LogP contribution in [0.25, 0.3) is 0 Å². The fourth-order valence-electron chi connectivity index (χ4n) is 0. The molecule has 1 atom stereocenters. The maximum Gasteiger partial charge on any atom is 1.00 e. The quantitative estimate of drug-likeness (QED) is 0.300. The summed E-state index contributed by atoms with van der Waals surface area (Å²) in [7, 11) is 0. The van der Waals surface area contributed by atoms with Crippen LogP contribution in [0, 0.1) is 0 Å². The first-order valence-electron chi connectivity index (χ1n) is 0. The maximum absolute atomic E-state index is 0. The predicted octanol–water partition coefficient (Wildman–Crippen LogP) is -5.03. The molecule has 0 aliphatic rings. The first-order chi connectivity index (χ1) is 0. The van der Waals surface area contributed by atoms with E-state index in [1.54, 1.807) is 0 Å². The van der Waals surface area contributed by atoms with Crippen molar-refractivity contribution < 1.29 is 40.6 Å². The van der Waals surface area contributed by atoms with E-state index in [2.05, 4.69) is 0 Å². The first kappa shape index (κ1) is 126. The third-order valence-electron chi connectivity index (χ3n) is 0. The van der Waals surface area contributed by atoms with Gasteiger partial charge in [0.25, 0.3) is 0 Å². The van der Waals surface area contributed by atoms with E-state index in [0.717, 1.165) is 0 Å². The molecule has 0 aromatic carbocycles. The zero-order chi connectivity index (χ0) is 0. The Morgan fingerprint density at radius 1 is 0.444 bits per heavy atom. The summed E-state index contributed by atoms with van der Waals surface area (Å²) in [6.45, 7) is 0. The zero-order valence-corrected chi connectivity index (χ0v) is 13.1. The Labute approximate surface area is 130 Å². The molecule has 0 nitrogen and oxygen atoms in total. The fourth-order valence-corrected chi connectivity index (χ4v) is 0. The fraction of sp³-hybridized carbons (Fsp3) is 0. The van der Waals surface area contributed by atoms with Gasteiger partial charge in [-0.2, -0.15) is 90.9 Å². The summed E-state index contributed by atoms with van der Waals surface area (Å²) in [4.78, 5) is 0. The molecule has 0 radical (unpaired) electrons. The molecular formula is H17Li2PS6. The molecule has 0 aromatic rings. The smallest absolute Gasteiger partial charge is 1.00 e. The van der Waals surface area contributed by atoms with Crippen LogP contribution in [0.1, 0.15) is 2.85 Å². The topological polar surface area (TPSA) is 0 Å². The van der Waals surface area contributed by atoms with Gasteiger partial charge >= 0.3 is 37.7 Å². The van der Waals surface area contributed by atoms with Gasteiger partial charge in [0.15, 0.2) is 0 Å². The molecule has 0 bridgehead atoms. The molecule has 0 spiro atoms. The van der Waals surface area contributed by atoms with Crippen molar-refractivity contribution in [3.8, 4) is 0 Å². The van der Waals surface area contributed by atoms with Crippen LogP contribution in [0.15, 0.2) is 0 Å². The van der Waals surface area contributed by atoms with Crippen molar-refractivity contribution in [2.45, 2.75) is 0 Å². The molecule has 0 amide bonds. The van der Waals surface area contributed by atoms with Crippen LogP contribution in [0.4, 0.5) is 0 Å². The van der Waals surface area contributed by atoms with Gasteiger partial charge in [0.2, 0.25) is 0 Å². The van der Waals surface area contributed by atoms with Gasteiger partial charge < -0.3 is 2.85 Å². The number of rotatable bonds is 0. The Hall–Kier alpha value is 3.72. The van der Waals surface area contributed by atoms with Crippen molar-refractivity contribution in [3.63, 3.8) is 0 Å². The Morgan fingerprint density at radius 2 is 0.444 bits per heavy atom. The molecule has 0 fully saturated rings. The molecule has 1 unspecified atom stereocenters. The van der Waals surface area contributed by atoms with Gasteiger partial charge in [-0.05, 0) is 0 Å². The van der Waals surface area contributed by atoms with E-state index >= 15 is 0 Å². The molecule has 0 saturated heterocycles. The van der Waals surface area contributed by atoms with Crippen LogP contribution >= 0.6 is 90.9 Å². The van der Waals surface area contributed by atoms with Crippen molar-refractivity contribution in [2.75, 3.05) is 0 Å². The minimum Gasteiger partial charge on any atom is -1.00 e. The Bertz CT molecular complexity index is 18.5. The van der Waals surface area contributed by atoms with E-state index in [9.17, 15) is 0 Å². The molecule has 0 aliphatic heterocycles. The van der Waals surface area contributed by atoms with Gasteiger partial charge in [-0.25, -0.2) is 0 Å². The average Bonchev–Trinajstić information content (AvgIpc) is 0. The molecule has 0 aromatic heterocycles. The van der Waals surface area contributed by atoms with Gasteiger partial charge in [0.1, 0.15) is 0 Å². The molecule has 0 heterocycles. The summed E-state index contributed by atoms with van der Waals surface area (Å²) in [6, 6.07) is 0. The second-order valence-corrected chi connectivity index (χ2v) is 0. The third kappa shape index (κ3) is 79.9. The van der Waals surface area contributed by atoms with Gasteiger partial charge in [-0.1, -0.05) is 0 Å². The Balaban J connectivity index is 0. The van der Waals surface area contributed by atoms with Gasteiger partial charge in [0, 0.05) is 0 Å². The van der Waals surface area contributed by atoms with Gasteiger partial charge in [-0.3, -0.25) is 0 Å². The predicted molar refractivity (Wildman–Crippen MR) is 75.6 cm³/mol. The molecular weight excluding hydrogens is 237 g/mol. The average molecular weight is 254 g/mol. The Kier molecular flexibility index (Phi) is 1360. The van der Waals surface area contributed by atoms with Crippen LogP contribution in [0.3, 0.4) is 0 Å². The normalized spacial score (nSPS) is 0. The summed E-state index contributed by atoms with van der Waals surface area (Å²) in [5.74, 6) is 0. The van der Waals surface area contributed by atoms with Crippen molar-refractivity contribution in [1.29, 1.82) is 0 Å². The van der Waals surface area contributed by atoms with E-state index in [1.807, 2.05) is 0 Å². The monoisotopic (exact) mass is 254 g/mol. The molecule has 0 N–H and O–H groups in total. The molecule has 0 saturated carbocycles. The Morgan fingerprint density at radius 3 is 0.444 bits per heavy atom. The summed E-state index contributed by atoms with van der Waals surface area (Å²) >= 11 is 0. The summed E-state index contributed by atoms with van der Waals surface area (Å²) < 4.78 is 0. The SMILES string of the molecule is P.S.S.S.S.S.S.[H-].[H-].[Li+].[Li+]. The standard InChI is InChI=1S/2Li.H3P.6H2S.2H/h;;1H3;6*1H2;;/q2*+1;;;;;;;;2*-1. The van der Waals surface area contributed by atoms with E-state index in [0.29, 0.717) is 0 Å². The van der Waals surface area contributed by atoms with Crippen molar-refractivity contribution in [3.05, 3.63) is 0 Å². The second-order valence-electron chi connectivity index (χ2n) is 0. The maximum atomic E-state index is 0. The van der Waals surface area contributed by atoms with E-state index in [-0.39, 0.29) is 131 Å².